The van der Waals surface area contributed by atoms with E-state index in [-0.39, 0.29) is 12.2 Å². The van der Waals surface area contributed by atoms with Crippen LogP contribution in [0.15, 0.2) is 72.8 Å². The fourth-order valence-corrected chi connectivity index (χ4v) is 3.95. The summed E-state index contributed by atoms with van der Waals surface area (Å²) in [7, 11) is 0. The highest BCUT2D eigenvalue weighted by atomic mass is 19.4. The topological polar surface area (TPSA) is 61.4 Å². The third kappa shape index (κ3) is 5.75. The summed E-state index contributed by atoms with van der Waals surface area (Å²) in [6.45, 7) is 2.05. The van der Waals surface area contributed by atoms with Crippen molar-refractivity contribution in [3.8, 4) is 0 Å². The van der Waals surface area contributed by atoms with Gasteiger partial charge in [0.05, 0.1) is 5.56 Å². The lowest BCUT2D eigenvalue weighted by atomic mass is 9.99. The molecule has 0 spiro atoms. The molecule has 176 valence electrons. The maximum absolute atomic E-state index is 12.8. The second-order valence-corrected chi connectivity index (χ2v) is 8.15. The standard InChI is InChI=1S/C26H24F3N3O2/c27-26(28,29)21-6-3-7-22(16-21)31-25(34)24(33)30-14-12-18-8-10-23(11-9-18)32-15-13-19-4-1-2-5-20(19)17-32/h1-11,16H,12-15,17H2,(H,30,33)(H,31,34). The van der Waals surface area contributed by atoms with Gasteiger partial charge in [-0.3, -0.25) is 9.59 Å². The van der Waals surface area contributed by atoms with Crippen LogP contribution in [-0.4, -0.2) is 24.9 Å². The Morgan fingerprint density at radius 2 is 1.62 bits per heavy atom. The fourth-order valence-electron chi connectivity index (χ4n) is 3.95. The Balaban J connectivity index is 1.25. The van der Waals surface area contributed by atoms with Gasteiger partial charge in [-0.1, -0.05) is 42.5 Å². The van der Waals surface area contributed by atoms with E-state index in [2.05, 4.69) is 39.8 Å². The number of halogens is 3. The van der Waals surface area contributed by atoms with E-state index in [0.29, 0.717) is 6.42 Å². The van der Waals surface area contributed by atoms with Crippen molar-refractivity contribution in [3.63, 3.8) is 0 Å². The van der Waals surface area contributed by atoms with E-state index in [1.807, 2.05) is 24.3 Å². The number of carbonyl (C=O) groups excluding carboxylic acids is 2. The SMILES string of the molecule is O=C(NCCc1ccc(N2CCc3ccccc3C2)cc1)C(=O)Nc1cccc(C(F)(F)F)c1. The molecule has 0 radical (unpaired) electrons. The third-order valence-corrected chi connectivity index (χ3v) is 5.79. The van der Waals surface area contributed by atoms with Crippen molar-refractivity contribution in [2.75, 3.05) is 23.3 Å². The number of hydrogen-bond donors (Lipinski definition) is 2. The van der Waals surface area contributed by atoms with Crippen LogP contribution in [0.3, 0.4) is 0 Å². The average molecular weight is 467 g/mol. The summed E-state index contributed by atoms with van der Waals surface area (Å²) in [5, 5.41) is 4.70. The number of benzene rings is 3. The Hall–Kier alpha value is -3.81. The molecular formula is C26H24F3N3O2. The highest BCUT2D eigenvalue weighted by Gasteiger charge is 2.30. The molecule has 2 N–H and O–H groups in total. The van der Waals surface area contributed by atoms with Crippen LogP contribution in [-0.2, 0) is 35.2 Å². The Labute approximate surface area is 195 Å². The van der Waals surface area contributed by atoms with Crippen molar-refractivity contribution in [2.24, 2.45) is 0 Å². The van der Waals surface area contributed by atoms with Gasteiger partial charge in [0.2, 0.25) is 0 Å². The Kier molecular flexibility index (Phi) is 6.86. The molecule has 2 amide bonds. The smallest absolute Gasteiger partial charge is 0.367 e. The van der Waals surface area contributed by atoms with Crippen LogP contribution in [0.2, 0.25) is 0 Å². The quantitative estimate of drug-likeness (QED) is 0.541. The largest absolute Gasteiger partial charge is 0.416 e. The van der Waals surface area contributed by atoms with Crippen LogP contribution in [0.5, 0.6) is 0 Å². The summed E-state index contributed by atoms with van der Waals surface area (Å²) < 4.78 is 38.4. The average Bonchev–Trinajstić information content (AvgIpc) is 2.83. The molecule has 0 saturated heterocycles. The number of rotatable bonds is 5. The molecule has 1 heterocycles. The van der Waals surface area contributed by atoms with Gasteiger partial charge in [-0.2, -0.15) is 13.2 Å². The molecule has 0 aliphatic carbocycles. The molecule has 4 rings (SSSR count). The summed E-state index contributed by atoms with van der Waals surface area (Å²) in [6, 6.07) is 20.7. The van der Waals surface area contributed by atoms with E-state index in [4.69, 9.17) is 0 Å². The normalized spacial score (nSPS) is 13.2. The summed E-state index contributed by atoms with van der Waals surface area (Å²) >= 11 is 0. The summed E-state index contributed by atoms with van der Waals surface area (Å²) in [5.74, 6) is -1.92. The maximum Gasteiger partial charge on any atom is 0.416 e. The number of fused-ring (bicyclic) bond motifs is 1. The van der Waals surface area contributed by atoms with Crippen LogP contribution in [0.4, 0.5) is 24.5 Å². The molecule has 8 heteroatoms. The lowest BCUT2D eigenvalue weighted by Crippen LogP contribution is -2.36. The van der Waals surface area contributed by atoms with E-state index in [1.54, 1.807) is 0 Å². The van der Waals surface area contributed by atoms with Crippen LogP contribution < -0.4 is 15.5 Å². The van der Waals surface area contributed by atoms with Crippen molar-refractivity contribution in [3.05, 3.63) is 95.1 Å². The Morgan fingerprint density at radius 3 is 2.35 bits per heavy atom. The molecular weight excluding hydrogens is 443 g/mol. The molecule has 1 aliphatic heterocycles. The second-order valence-electron chi connectivity index (χ2n) is 8.15. The first kappa shape index (κ1) is 23.4. The maximum atomic E-state index is 12.8. The van der Waals surface area contributed by atoms with Gasteiger partial charge in [-0.05, 0) is 59.9 Å². The second kappa shape index (κ2) is 9.99. The molecule has 0 unspecified atom stereocenters. The van der Waals surface area contributed by atoms with Gasteiger partial charge >= 0.3 is 18.0 Å². The van der Waals surface area contributed by atoms with Crippen molar-refractivity contribution in [1.29, 1.82) is 0 Å². The zero-order valence-electron chi connectivity index (χ0n) is 18.4. The van der Waals surface area contributed by atoms with E-state index >= 15 is 0 Å². The fraction of sp³-hybridized carbons (Fsp3) is 0.231. The molecule has 0 saturated carbocycles. The van der Waals surface area contributed by atoms with E-state index in [0.717, 1.165) is 42.9 Å². The minimum atomic E-state index is -4.53. The number of nitrogens with one attached hydrogen (secondary N) is 2. The highest BCUT2D eigenvalue weighted by molar-refractivity contribution is 6.39. The predicted octanol–water partition coefficient (Wildman–Crippen LogP) is 4.57. The summed E-state index contributed by atoms with van der Waals surface area (Å²) in [5.41, 5.74) is 3.86. The van der Waals surface area contributed by atoms with Gasteiger partial charge in [-0.25, -0.2) is 0 Å². The summed E-state index contributed by atoms with van der Waals surface area (Å²) in [6.07, 6.45) is -3.00. The summed E-state index contributed by atoms with van der Waals surface area (Å²) in [4.78, 5) is 26.4. The van der Waals surface area contributed by atoms with E-state index in [1.165, 1.54) is 23.3 Å². The van der Waals surface area contributed by atoms with Gasteiger partial charge < -0.3 is 15.5 Å². The van der Waals surface area contributed by atoms with Crippen LogP contribution in [0.1, 0.15) is 22.3 Å². The Bertz CT molecular complexity index is 1180. The van der Waals surface area contributed by atoms with Gasteiger partial charge in [-0.15, -0.1) is 0 Å². The first-order chi connectivity index (χ1) is 16.3. The number of amides is 2. The number of carbonyl (C=O) groups is 2. The molecule has 0 atom stereocenters. The molecule has 5 nitrogen and oxygen atoms in total. The molecule has 3 aromatic rings. The van der Waals surface area contributed by atoms with Crippen LogP contribution >= 0.6 is 0 Å². The molecule has 0 fully saturated rings. The van der Waals surface area contributed by atoms with Crippen molar-refractivity contribution in [1.82, 2.24) is 5.32 Å². The first-order valence-electron chi connectivity index (χ1n) is 11.0. The van der Waals surface area contributed by atoms with Crippen molar-refractivity contribution in [2.45, 2.75) is 25.6 Å². The molecule has 34 heavy (non-hydrogen) atoms. The lowest BCUT2D eigenvalue weighted by molar-refractivity contribution is -0.137. The van der Waals surface area contributed by atoms with Crippen LogP contribution in [0, 0.1) is 0 Å². The first-order valence-corrected chi connectivity index (χ1v) is 11.0. The zero-order chi connectivity index (χ0) is 24.1. The minimum Gasteiger partial charge on any atom is -0.367 e. The van der Waals surface area contributed by atoms with Crippen molar-refractivity contribution >= 4 is 23.2 Å². The minimum absolute atomic E-state index is 0.0918. The predicted molar refractivity (Wildman–Crippen MR) is 124 cm³/mol. The number of hydrogen-bond acceptors (Lipinski definition) is 3. The van der Waals surface area contributed by atoms with Crippen LogP contribution in [0.25, 0.3) is 0 Å². The highest BCUT2D eigenvalue weighted by Crippen LogP contribution is 2.30. The molecule has 1 aliphatic rings. The third-order valence-electron chi connectivity index (χ3n) is 5.79. The number of alkyl halides is 3. The van der Waals surface area contributed by atoms with Gasteiger partial charge in [0.25, 0.3) is 0 Å². The molecule has 3 aromatic carbocycles. The molecule has 0 bridgehead atoms. The van der Waals surface area contributed by atoms with Gasteiger partial charge in [0, 0.05) is 31.0 Å². The van der Waals surface area contributed by atoms with Gasteiger partial charge in [0.1, 0.15) is 0 Å². The molecule has 0 aromatic heterocycles. The lowest BCUT2D eigenvalue weighted by Gasteiger charge is -2.30. The number of anilines is 2. The van der Waals surface area contributed by atoms with E-state index in [9.17, 15) is 22.8 Å². The van der Waals surface area contributed by atoms with E-state index < -0.39 is 23.6 Å². The van der Waals surface area contributed by atoms with Crippen molar-refractivity contribution < 1.29 is 22.8 Å². The monoisotopic (exact) mass is 467 g/mol. The number of nitrogens with zero attached hydrogens (tertiary/aromatic N) is 1. The zero-order valence-corrected chi connectivity index (χ0v) is 18.4. The van der Waals surface area contributed by atoms with Gasteiger partial charge in [0.15, 0.2) is 0 Å². The Morgan fingerprint density at radius 1 is 0.882 bits per heavy atom.